The number of nitrogens with zero attached hydrogens (tertiary/aromatic N) is 1. The van der Waals surface area contributed by atoms with Gasteiger partial charge in [0.05, 0.1) is 13.5 Å². The molecule has 1 aromatic heterocycles. The number of hydrogen-bond donors (Lipinski definition) is 0. The van der Waals surface area contributed by atoms with Crippen molar-refractivity contribution in [1.29, 1.82) is 0 Å². The molecule has 0 N–H and O–H groups in total. The highest BCUT2D eigenvalue weighted by molar-refractivity contribution is 9.10. The van der Waals surface area contributed by atoms with Crippen LogP contribution < -0.4 is 0 Å². The van der Waals surface area contributed by atoms with E-state index in [1.807, 2.05) is 0 Å². The Hall–Kier alpha value is -1.11. The molecule has 0 aliphatic heterocycles. The lowest BCUT2D eigenvalue weighted by molar-refractivity contribution is -0.141. The molecule has 3 nitrogen and oxygen atoms in total. The number of esters is 1. The van der Waals surface area contributed by atoms with E-state index in [9.17, 15) is 18.0 Å². The number of hydrogen-bond acceptors (Lipinski definition) is 3. The van der Waals surface area contributed by atoms with Crippen LogP contribution in [0.5, 0.6) is 0 Å². The molecule has 16 heavy (non-hydrogen) atoms. The predicted molar refractivity (Wildman–Crippen MR) is 52.7 cm³/mol. The number of alkyl halides is 3. The zero-order valence-electron chi connectivity index (χ0n) is 8.14. The van der Waals surface area contributed by atoms with Crippen molar-refractivity contribution < 1.29 is 22.7 Å². The molecule has 0 bridgehead atoms. The summed E-state index contributed by atoms with van der Waals surface area (Å²) in [4.78, 5) is 14.2. The smallest absolute Gasteiger partial charge is 0.433 e. The summed E-state index contributed by atoms with van der Waals surface area (Å²) in [6, 6.07) is 0.832. The van der Waals surface area contributed by atoms with Gasteiger partial charge in [-0.05, 0) is 11.6 Å². The van der Waals surface area contributed by atoms with Gasteiger partial charge in [0.2, 0.25) is 0 Å². The first-order chi connectivity index (χ1) is 7.34. The van der Waals surface area contributed by atoms with Gasteiger partial charge >= 0.3 is 12.1 Å². The van der Waals surface area contributed by atoms with Crippen LogP contribution in [0.3, 0.4) is 0 Å². The van der Waals surface area contributed by atoms with Crippen LogP contribution >= 0.6 is 15.9 Å². The first-order valence-electron chi connectivity index (χ1n) is 4.13. The largest absolute Gasteiger partial charge is 0.469 e. The Balaban J connectivity index is 2.96. The van der Waals surface area contributed by atoms with E-state index in [4.69, 9.17) is 0 Å². The van der Waals surface area contributed by atoms with Crippen molar-refractivity contribution in [3.05, 3.63) is 28.0 Å². The van der Waals surface area contributed by atoms with Gasteiger partial charge in [-0.1, -0.05) is 15.9 Å². The van der Waals surface area contributed by atoms with Crippen molar-refractivity contribution in [3.8, 4) is 0 Å². The average molecular weight is 298 g/mol. The van der Waals surface area contributed by atoms with Crippen LogP contribution in [0.2, 0.25) is 0 Å². The van der Waals surface area contributed by atoms with Gasteiger partial charge in [-0.2, -0.15) is 13.2 Å². The molecule has 0 aliphatic rings. The van der Waals surface area contributed by atoms with Gasteiger partial charge in [-0.15, -0.1) is 0 Å². The maximum Gasteiger partial charge on any atom is 0.433 e. The summed E-state index contributed by atoms with van der Waals surface area (Å²) < 4.78 is 41.3. The Morgan fingerprint density at radius 2 is 2.19 bits per heavy atom. The molecule has 0 spiro atoms. The van der Waals surface area contributed by atoms with Crippen LogP contribution in [0.4, 0.5) is 13.2 Å². The fourth-order valence-electron chi connectivity index (χ4n) is 0.972. The summed E-state index contributed by atoms with van der Waals surface area (Å²) in [6.07, 6.45) is -3.61. The summed E-state index contributed by atoms with van der Waals surface area (Å²) in [5.74, 6) is -0.540. The fraction of sp³-hybridized carbons (Fsp3) is 0.333. The van der Waals surface area contributed by atoms with Crippen molar-refractivity contribution in [3.63, 3.8) is 0 Å². The Morgan fingerprint density at radius 3 is 2.62 bits per heavy atom. The van der Waals surface area contributed by atoms with Crippen LogP contribution in [0.25, 0.3) is 0 Å². The second-order valence-corrected chi connectivity index (χ2v) is 3.77. The number of halogens is 4. The molecule has 0 aliphatic carbocycles. The highest BCUT2D eigenvalue weighted by Gasteiger charge is 2.32. The number of methoxy groups -OCH3 is 1. The zero-order valence-corrected chi connectivity index (χ0v) is 9.72. The summed E-state index contributed by atoms with van der Waals surface area (Å²) in [7, 11) is 1.20. The molecule has 1 heterocycles. The van der Waals surface area contributed by atoms with Crippen molar-refractivity contribution in [2.45, 2.75) is 12.6 Å². The second-order valence-electron chi connectivity index (χ2n) is 2.91. The van der Waals surface area contributed by atoms with E-state index in [1.165, 1.54) is 7.11 Å². The third kappa shape index (κ3) is 3.19. The minimum atomic E-state index is -4.49. The molecule has 0 atom stereocenters. The van der Waals surface area contributed by atoms with Gasteiger partial charge in [0.15, 0.2) is 0 Å². The molecule has 7 heteroatoms. The van der Waals surface area contributed by atoms with Gasteiger partial charge in [-0.25, -0.2) is 0 Å². The van der Waals surface area contributed by atoms with Crippen molar-refractivity contribution >= 4 is 21.9 Å². The molecular formula is C9H7BrF3NO2. The maximum absolute atomic E-state index is 12.3. The van der Waals surface area contributed by atoms with Crippen LogP contribution in [0.1, 0.15) is 11.3 Å². The number of rotatable bonds is 2. The summed E-state index contributed by atoms with van der Waals surface area (Å²) >= 11 is 2.95. The molecule has 88 valence electrons. The number of ether oxygens (including phenoxy) is 1. The summed E-state index contributed by atoms with van der Waals surface area (Å²) in [5.41, 5.74) is -0.659. The SMILES string of the molecule is COC(=O)Cc1cnc(C(F)(F)F)cc1Br. The lowest BCUT2D eigenvalue weighted by Crippen LogP contribution is -2.10. The maximum atomic E-state index is 12.3. The van der Waals surface area contributed by atoms with Crippen molar-refractivity contribution in [2.75, 3.05) is 7.11 Å². The number of aromatic nitrogens is 1. The van der Waals surface area contributed by atoms with E-state index in [2.05, 4.69) is 25.7 Å². The average Bonchev–Trinajstić information content (AvgIpc) is 2.19. The summed E-state index contributed by atoms with van der Waals surface area (Å²) in [5, 5.41) is 0. The van der Waals surface area contributed by atoms with Gasteiger partial charge in [0.25, 0.3) is 0 Å². The molecule has 1 aromatic rings. The highest BCUT2D eigenvalue weighted by Crippen LogP contribution is 2.30. The Kier molecular flexibility index (Phi) is 3.90. The number of pyridine rings is 1. The Morgan fingerprint density at radius 1 is 1.56 bits per heavy atom. The van der Waals surface area contributed by atoms with E-state index in [0.29, 0.717) is 5.56 Å². The molecule has 0 unspecified atom stereocenters. The van der Waals surface area contributed by atoms with E-state index in [1.54, 1.807) is 0 Å². The topological polar surface area (TPSA) is 39.2 Å². The van der Waals surface area contributed by atoms with Crippen LogP contribution in [0, 0.1) is 0 Å². The van der Waals surface area contributed by atoms with Crippen LogP contribution in [-0.4, -0.2) is 18.1 Å². The van der Waals surface area contributed by atoms with E-state index in [0.717, 1.165) is 12.3 Å². The molecule has 0 fully saturated rings. The number of carbonyl (C=O) groups excluding carboxylic acids is 1. The molecule has 0 aromatic carbocycles. The Bertz CT molecular complexity index is 406. The van der Waals surface area contributed by atoms with Crippen LogP contribution in [-0.2, 0) is 22.1 Å². The molecule has 1 rings (SSSR count). The lowest BCUT2D eigenvalue weighted by Gasteiger charge is -2.08. The van der Waals surface area contributed by atoms with E-state index < -0.39 is 17.8 Å². The molecule has 0 saturated carbocycles. The molecule has 0 radical (unpaired) electrons. The minimum Gasteiger partial charge on any atom is -0.469 e. The third-order valence-electron chi connectivity index (χ3n) is 1.78. The second kappa shape index (κ2) is 4.82. The van der Waals surface area contributed by atoms with Gasteiger partial charge < -0.3 is 4.74 Å². The first kappa shape index (κ1) is 13.0. The Labute approximate surface area is 97.8 Å². The summed E-state index contributed by atoms with van der Waals surface area (Å²) in [6.45, 7) is 0. The van der Waals surface area contributed by atoms with Gasteiger partial charge in [0, 0.05) is 10.7 Å². The lowest BCUT2D eigenvalue weighted by atomic mass is 10.2. The van der Waals surface area contributed by atoms with Crippen LogP contribution in [0.15, 0.2) is 16.7 Å². The van der Waals surface area contributed by atoms with Crippen molar-refractivity contribution in [2.24, 2.45) is 0 Å². The van der Waals surface area contributed by atoms with E-state index in [-0.39, 0.29) is 10.9 Å². The number of carbonyl (C=O) groups is 1. The van der Waals surface area contributed by atoms with E-state index >= 15 is 0 Å². The fourth-order valence-corrected chi connectivity index (χ4v) is 1.43. The zero-order chi connectivity index (χ0) is 12.3. The molecular weight excluding hydrogens is 291 g/mol. The predicted octanol–water partition coefficient (Wildman–Crippen LogP) is 2.58. The standard InChI is InChI=1S/C9H7BrF3NO2/c1-16-8(15)2-5-4-14-7(3-6(5)10)9(11,12)13/h3-4H,2H2,1H3. The third-order valence-corrected chi connectivity index (χ3v) is 2.52. The van der Waals surface area contributed by atoms with Gasteiger partial charge in [-0.3, -0.25) is 9.78 Å². The highest BCUT2D eigenvalue weighted by atomic mass is 79.9. The quantitative estimate of drug-likeness (QED) is 0.788. The monoisotopic (exact) mass is 297 g/mol. The first-order valence-corrected chi connectivity index (χ1v) is 4.92. The minimum absolute atomic E-state index is 0.123. The molecule has 0 amide bonds. The van der Waals surface area contributed by atoms with Crippen molar-refractivity contribution in [1.82, 2.24) is 4.98 Å². The normalized spacial score (nSPS) is 11.3. The molecule has 0 saturated heterocycles. The van der Waals surface area contributed by atoms with Gasteiger partial charge in [0.1, 0.15) is 5.69 Å².